The molecule has 3 aromatic rings. The molecule has 0 radical (unpaired) electrons. The molecule has 0 saturated heterocycles. The maximum Gasteiger partial charge on any atom is 0.214 e. The monoisotopic (exact) mass is 394 g/mol. The van der Waals surface area contributed by atoms with Gasteiger partial charge in [-0.2, -0.15) is 0 Å². The Balaban J connectivity index is 2.30. The lowest BCUT2D eigenvalue weighted by atomic mass is 10.1. The van der Waals surface area contributed by atoms with Crippen molar-refractivity contribution < 1.29 is 13.9 Å². The van der Waals surface area contributed by atoms with Gasteiger partial charge in [-0.25, -0.2) is 4.58 Å². The summed E-state index contributed by atoms with van der Waals surface area (Å²) in [6, 6.07) is 16.3. The summed E-state index contributed by atoms with van der Waals surface area (Å²) in [7, 11) is 3.29. The van der Waals surface area contributed by atoms with Gasteiger partial charge >= 0.3 is 0 Å². The predicted octanol–water partition coefficient (Wildman–Crippen LogP) is 5.20. The molecule has 0 aliphatic carbocycles. The van der Waals surface area contributed by atoms with Crippen LogP contribution in [0.5, 0.6) is 11.5 Å². The molecule has 154 valence electrons. The second-order valence-corrected chi connectivity index (χ2v) is 8.25. The fraction of sp³-hybridized carbons (Fsp3) is 0.400. The van der Waals surface area contributed by atoms with Crippen molar-refractivity contribution in [3.8, 4) is 22.8 Å². The Kier molecular flexibility index (Phi) is 6.63. The largest absolute Gasteiger partial charge is 0.493 e. The molecule has 4 heteroatoms. The van der Waals surface area contributed by atoms with Gasteiger partial charge in [0.2, 0.25) is 5.36 Å². The Morgan fingerprint density at radius 3 is 2.10 bits per heavy atom. The number of para-hydroxylation sites is 1. The fourth-order valence-corrected chi connectivity index (χ4v) is 3.66. The number of hydrogen-bond donors (Lipinski definition) is 0. The predicted molar refractivity (Wildman–Crippen MR) is 119 cm³/mol. The third kappa shape index (κ3) is 4.81. The van der Waals surface area contributed by atoms with Gasteiger partial charge in [0, 0.05) is 17.4 Å². The minimum Gasteiger partial charge on any atom is -0.493 e. The Morgan fingerprint density at radius 1 is 0.828 bits per heavy atom. The second kappa shape index (κ2) is 9.17. The molecule has 0 fully saturated rings. The molecule has 0 saturated carbocycles. The molecule has 0 atom stereocenters. The smallest absolute Gasteiger partial charge is 0.214 e. The van der Waals surface area contributed by atoms with Crippen LogP contribution in [0.15, 0.2) is 52.9 Å². The first-order valence-corrected chi connectivity index (χ1v) is 10.3. The quantitative estimate of drug-likeness (QED) is 0.517. The molecular formula is C25H32NO3+. The summed E-state index contributed by atoms with van der Waals surface area (Å²) in [6.07, 6.45) is 0. The van der Waals surface area contributed by atoms with Gasteiger partial charge in [-0.3, -0.25) is 0 Å². The van der Waals surface area contributed by atoms with Crippen LogP contribution < -0.4 is 19.4 Å². The van der Waals surface area contributed by atoms with Gasteiger partial charge in [-0.05, 0) is 30.3 Å². The molecule has 0 spiro atoms. The third-order valence-corrected chi connectivity index (χ3v) is 4.83. The van der Waals surface area contributed by atoms with Crippen LogP contribution in [0.3, 0.4) is 0 Å². The summed E-state index contributed by atoms with van der Waals surface area (Å²) >= 11 is 0. The first kappa shape index (κ1) is 21.0. The van der Waals surface area contributed by atoms with E-state index < -0.39 is 0 Å². The lowest BCUT2D eigenvalue weighted by Gasteiger charge is -2.12. The molecule has 0 unspecified atom stereocenters. The molecule has 0 bridgehead atoms. The average Bonchev–Trinajstić information content (AvgIpc) is 2.71. The zero-order valence-electron chi connectivity index (χ0n) is 18.4. The Hall–Kier alpha value is -2.75. The molecule has 0 amide bonds. The van der Waals surface area contributed by atoms with Gasteiger partial charge in [0.25, 0.3) is 0 Å². The number of benzene rings is 2. The summed E-state index contributed by atoms with van der Waals surface area (Å²) in [5.74, 6) is 3.34. The summed E-state index contributed by atoms with van der Waals surface area (Å²) in [6.45, 7) is 11.0. The van der Waals surface area contributed by atoms with Gasteiger partial charge < -0.3 is 13.9 Å². The Bertz CT molecular complexity index is 1040. The number of fused-ring (bicyclic) bond motifs is 1. The highest BCUT2D eigenvalue weighted by Gasteiger charge is 2.17. The minimum atomic E-state index is 0.564. The van der Waals surface area contributed by atoms with Gasteiger partial charge in [0.1, 0.15) is 24.4 Å². The van der Waals surface area contributed by atoms with Crippen LogP contribution >= 0.6 is 0 Å². The van der Waals surface area contributed by atoms with Crippen molar-refractivity contribution in [3.05, 3.63) is 53.9 Å². The zero-order valence-corrected chi connectivity index (χ0v) is 18.4. The van der Waals surface area contributed by atoms with Crippen LogP contribution in [0, 0.1) is 11.8 Å². The van der Waals surface area contributed by atoms with E-state index in [0.29, 0.717) is 23.3 Å². The van der Waals surface area contributed by atoms with Crippen LogP contribution in [0.1, 0.15) is 27.7 Å². The lowest BCUT2D eigenvalue weighted by Crippen LogP contribution is -2.36. The highest BCUT2D eigenvalue weighted by atomic mass is 16.5. The van der Waals surface area contributed by atoms with E-state index in [0.717, 1.165) is 35.4 Å². The summed E-state index contributed by atoms with van der Waals surface area (Å²) in [5, 5.41) is 2.34. The van der Waals surface area contributed by atoms with Crippen LogP contribution in [0.25, 0.3) is 22.3 Å². The molecule has 0 N–H and O–H groups in total. The Morgan fingerprint density at radius 2 is 1.48 bits per heavy atom. The van der Waals surface area contributed by atoms with E-state index in [9.17, 15) is 0 Å². The number of rotatable bonds is 7. The van der Waals surface area contributed by atoms with Crippen molar-refractivity contribution in [2.45, 2.75) is 27.7 Å². The molecule has 3 rings (SSSR count). The van der Waals surface area contributed by atoms with Crippen molar-refractivity contribution in [2.75, 3.05) is 27.3 Å². The molecule has 2 aromatic carbocycles. The number of ether oxygens (including phenoxy) is 2. The van der Waals surface area contributed by atoms with Crippen molar-refractivity contribution in [1.29, 1.82) is 0 Å². The normalized spacial score (nSPS) is 11.3. The van der Waals surface area contributed by atoms with Crippen LogP contribution in [0.4, 0.5) is 0 Å². The molecule has 1 aromatic heterocycles. The molecule has 29 heavy (non-hydrogen) atoms. The average molecular weight is 395 g/mol. The minimum absolute atomic E-state index is 0.564. The van der Waals surface area contributed by atoms with Gasteiger partial charge in [-0.1, -0.05) is 39.8 Å². The maximum atomic E-state index is 6.30. The van der Waals surface area contributed by atoms with Crippen LogP contribution in [-0.2, 0) is 0 Å². The Labute approximate surface area is 173 Å². The maximum absolute atomic E-state index is 6.30. The molecule has 4 nitrogen and oxygen atoms in total. The summed E-state index contributed by atoms with van der Waals surface area (Å²) in [5.41, 5.74) is 1.84. The summed E-state index contributed by atoms with van der Waals surface area (Å²) in [4.78, 5) is 0. The third-order valence-electron chi connectivity index (χ3n) is 4.83. The number of nitrogens with zero attached hydrogens (tertiary/aromatic N) is 1. The standard InChI is InChI=1S/C25H32NO3/c1-17(2)15-26(16-18(3)4)21-14-24(29-22-10-8-7-9-20(21)22)19-11-12-23(27-5)25(13-19)28-6/h7-14,17-18H,15-16H2,1-6H3/q+1. The highest BCUT2D eigenvalue weighted by molar-refractivity contribution is 5.78. The van der Waals surface area contributed by atoms with E-state index >= 15 is 0 Å². The van der Waals surface area contributed by atoms with Gasteiger partial charge in [0.15, 0.2) is 11.5 Å². The van der Waals surface area contributed by atoms with E-state index in [1.54, 1.807) is 14.2 Å². The van der Waals surface area contributed by atoms with E-state index in [-0.39, 0.29) is 0 Å². The van der Waals surface area contributed by atoms with Crippen LogP contribution in [-0.4, -0.2) is 27.3 Å². The first-order chi connectivity index (χ1) is 13.9. The highest BCUT2D eigenvalue weighted by Crippen LogP contribution is 2.32. The van der Waals surface area contributed by atoms with Gasteiger partial charge in [-0.15, -0.1) is 0 Å². The fourth-order valence-electron chi connectivity index (χ4n) is 3.66. The zero-order chi connectivity index (χ0) is 21.0. The topological polar surface area (TPSA) is 34.6 Å². The molecule has 0 aliphatic rings. The van der Waals surface area contributed by atoms with Crippen molar-refractivity contribution in [3.63, 3.8) is 0 Å². The van der Waals surface area contributed by atoms with Gasteiger partial charge in [0.05, 0.1) is 25.7 Å². The number of methoxy groups -OCH3 is 2. The van der Waals surface area contributed by atoms with E-state index in [1.165, 1.54) is 5.36 Å². The summed E-state index contributed by atoms with van der Waals surface area (Å²) < 4.78 is 19.7. The van der Waals surface area contributed by atoms with Crippen molar-refractivity contribution in [1.82, 2.24) is 4.58 Å². The van der Waals surface area contributed by atoms with E-state index in [2.05, 4.69) is 50.5 Å². The molecule has 1 heterocycles. The van der Waals surface area contributed by atoms with Crippen molar-refractivity contribution >= 4 is 11.0 Å². The SMILES string of the molecule is COc1ccc(-c2cc(=[N+](CC(C)C)CC(C)C)c3ccccc3o2)cc1OC. The molecule has 0 aliphatic heterocycles. The van der Waals surface area contributed by atoms with Crippen molar-refractivity contribution in [2.24, 2.45) is 11.8 Å². The number of hydrogen-bond acceptors (Lipinski definition) is 3. The second-order valence-electron chi connectivity index (χ2n) is 8.25. The van der Waals surface area contributed by atoms with E-state index in [4.69, 9.17) is 13.9 Å². The lowest BCUT2D eigenvalue weighted by molar-refractivity contribution is 0.355. The van der Waals surface area contributed by atoms with Crippen LogP contribution in [0.2, 0.25) is 0 Å². The first-order valence-electron chi connectivity index (χ1n) is 10.3. The molecular weight excluding hydrogens is 362 g/mol. The van der Waals surface area contributed by atoms with E-state index in [1.807, 2.05) is 30.3 Å².